The molecule has 2 aliphatic heterocycles. The summed E-state index contributed by atoms with van der Waals surface area (Å²) in [5, 5.41) is 3.61. The summed E-state index contributed by atoms with van der Waals surface area (Å²) in [6.45, 7) is 5.88. The topological polar surface area (TPSA) is 77.2 Å². The van der Waals surface area contributed by atoms with Crippen LogP contribution in [0.4, 0.5) is 5.95 Å². The van der Waals surface area contributed by atoms with Crippen LogP contribution in [0.1, 0.15) is 50.1 Å². The molecule has 1 aromatic carbocycles. The van der Waals surface area contributed by atoms with Crippen molar-refractivity contribution in [2.24, 2.45) is 0 Å². The largest absolute Gasteiger partial charge is 0.381 e. The van der Waals surface area contributed by atoms with Gasteiger partial charge in [-0.3, -0.25) is 14.0 Å². The summed E-state index contributed by atoms with van der Waals surface area (Å²) in [6.07, 6.45) is 10.2. The van der Waals surface area contributed by atoms with Crippen LogP contribution in [0.2, 0.25) is 0 Å². The van der Waals surface area contributed by atoms with Crippen molar-refractivity contribution in [1.82, 2.24) is 24.0 Å². The van der Waals surface area contributed by atoms with Crippen molar-refractivity contribution in [2.75, 3.05) is 43.1 Å². The molecule has 1 aliphatic carbocycles. The van der Waals surface area contributed by atoms with E-state index in [-0.39, 0.29) is 11.7 Å². The molecule has 3 fully saturated rings. The highest BCUT2D eigenvalue weighted by Crippen LogP contribution is 2.29. The molecule has 1 saturated carbocycles. The van der Waals surface area contributed by atoms with E-state index in [9.17, 15) is 4.79 Å². The summed E-state index contributed by atoms with van der Waals surface area (Å²) in [4.78, 5) is 25.9. The molecule has 1 N–H and O–H groups in total. The first-order valence-electron chi connectivity index (χ1n) is 14.1. The summed E-state index contributed by atoms with van der Waals surface area (Å²) in [6, 6.07) is 11.2. The molecule has 0 unspecified atom stereocenters. The molecule has 2 aromatic heterocycles. The molecule has 38 heavy (non-hydrogen) atoms. The van der Waals surface area contributed by atoms with Crippen LogP contribution >= 0.6 is 11.8 Å². The van der Waals surface area contributed by atoms with E-state index in [0.717, 1.165) is 54.4 Å². The number of benzene rings is 1. The lowest BCUT2D eigenvalue weighted by Gasteiger charge is -2.38. The molecule has 6 rings (SSSR count). The number of ether oxygens (including phenoxy) is 1. The SMILES string of the molecule is Cc1cccc(-n2c(-c3ccnc(NC4CCC(N5CCSCC5)CC4)n3)cn(C3CCOCC3)c2=O)c1. The number of aromatic nitrogens is 4. The van der Waals surface area contributed by atoms with Gasteiger partial charge in [0, 0.05) is 68.3 Å². The first kappa shape index (κ1) is 25.6. The van der Waals surface area contributed by atoms with Crippen LogP contribution < -0.4 is 11.0 Å². The van der Waals surface area contributed by atoms with Crippen LogP contribution in [0.3, 0.4) is 0 Å². The van der Waals surface area contributed by atoms with Crippen LogP contribution in [0.25, 0.3) is 17.1 Å². The van der Waals surface area contributed by atoms with Crippen molar-refractivity contribution in [1.29, 1.82) is 0 Å². The van der Waals surface area contributed by atoms with Gasteiger partial charge in [-0.15, -0.1) is 0 Å². The van der Waals surface area contributed by atoms with E-state index in [4.69, 9.17) is 9.72 Å². The number of hydrogen-bond acceptors (Lipinski definition) is 7. The minimum absolute atomic E-state index is 0.0277. The number of thioether (sulfide) groups is 1. The van der Waals surface area contributed by atoms with Gasteiger partial charge in [0.15, 0.2) is 0 Å². The normalized spacial score (nSPS) is 23.4. The van der Waals surface area contributed by atoms with Gasteiger partial charge < -0.3 is 10.1 Å². The zero-order valence-corrected chi connectivity index (χ0v) is 23.0. The fourth-order valence-electron chi connectivity index (χ4n) is 6.17. The maximum Gasteiger partial charge on any atom is 0.333 e. The smallest absolute Gasteiger partial charge is 0.333 e. The minimum atomic E-state index is -0.0277. The second kappa shape index (κ2) is 11.6. The number of hydrogen-bond donors (Lipinski definition) is 1. The Kier molecular flexibility index (Phi) is 7.85. The highest BCUT2D eigenvalue weighted by atomic mass is 32.2. The van der Waals surface area contributed by atoms with E-state index in [1.54, 1.807) is 10.8 Å². The maximum atomic E-state index is 13.8. The quantitative estimate of drug-likeness (QED) is 0.498. The lowest BCUT2D eigenvalue weighted by Crippen LogP contribution is -2.44. The average molecular weight is 535 g/mol. The molecule has 0 atom stereocenters. The Morgan fingerprint density at radius 2 is 1.79 bits per heavy atom. The Balaban J connectivity index is 1.25. The molecule has 0 spiro atoms. The molecule has 0 bridgehead atoms. The Hall–Kier alpha value is -2.62. The number of aryl methyl sites for hydroxylation is 1. The van der Waals surface area contributed by atoms with Gasteiger partial charge in [-0.25, -0.2) is 14.8 Å². The molecule has 0 amide bonds. The summed E-state index contributed by atoms with van der Waals surface area (Å²) in [5.74, 6) is 3.17. The number of nitrogens with one attached hydrogen (secondary N) is 1. The zero-order valence-electron chi connectivity index (χ0n) is 22.2. The van der Waals surface area contributed by atoms with E-state index >= 15 is 0 Å². The van der Waals surface area contributed by atoms with Gasteiger partial charge in [0.25, 0.3) is 0 Å². The van der Waals surface area contributed by atoms with Gasteiger partial charge in [0.2, 0.25) is 5.95 Å². The van der Waals surface area contributed by atoms with Crippen molar-refractivity contribution in [3.05, 3.63) is 58.8 Å². The second-order valence-corrected chi connectivity index (χ2v) is 12.0. The summed E-state index contributed by atoms with van der Waals surface area (Å²) < 4.78 is 9.24. The van der Waals surface area contributed by atoms with E-state index in [0.29, 0.717) is 25.2 Å². The molecular formula is C29H38N6O2S. The van der Waals surface area contributed by atoms with Gasteiger partial charge in [0.05, 0.1) is 17.1 Å². The standard InChI is InChI=1S/C29H38N6O2S/c1-21-3-2-4-25(19-21)35-27(20-34(29(35)36)24-10-15-37-16-11-24)26-9-12-30-28(32-26)31-22-5-7-23(8-6-22)33-13-17-38-18-14-33/h2-4,9,12,19-20,22-24H,5-8,10-11,13-18H2,1H3,(H,30,31,32). The third-order valence-corrected chi connectivity index (χ3v) is 9.21. The van der Waals surface area contributed by atoms with Crippen molar-refractivity contribution in [3.8, 4) is 17.1 Å². The molecule has 9 heteroatoms. The number of imidazole rings is 1. The second-order valence-electron chi connectivity index (χ2n) is 10.8. The molecular weight excluding hydrogens is 496 g/mol. The Morgan fingerprint density at radius 3 is 2.55 bits per heavy atom. The van der Waals surface area contributed by atoms with Crippen LogP contribution in [-0.2, 0) is 4.74 Å². The molecule has 8 nitrogen and oxygen atoms in total. The van der Waals surface area contributed by atoms with Crippen LogP contribution in [0.5, 0.6) is 0 Å². The summed E-state index contributed by atoms with van der Waals surface area (Å²) >= 11 is 2.08. The van der Waals surface area contributed by atoms with Gasteiger partial charge in [-0.05, 0) is 69.2 Å². The molecule has 2 saturated heterocycles. The van der Waals surface area contributed by atoms with Crippen molar-refractivity contribution in [3.63, 3.8) is 0 Å². The first-order valence-corrected chi connectivity index (χ1v) is 15.2. The van der Waals surface area contributed by atoms with Gasteiger partial charge in [0.1, 0.15) is 0 Å². The predicted molar refractivity (Wildman–Crippen MR) is 153 cm³/mol. The van der Waals surface area contributed by atoms with Crippen molar-refractivity contribution in [2.45, 2.75) is 63.6 Å². The predicted octanol–water partition coefficient (Wildman–Crippen LogP) is 4.53. The molecule has 3 aliphatic rings. The van der Waals surface area contributed by atoms with E-state index in [1.165, 1.54) is 37.4 Å². The molecule has 0 radical (unpaired) electrons. The fraction of sp³-hybridized carbons (Fsp3) is 0.552. The van der Waals surface area contributed by atoms with Gasteiger partial charge >= 0.3 is 5.69 Å². The molecule has 4 heterocycles. The third kappa shape index (κ3) is 5.55. The molecule has 202 valence electrons. The van der Waals surface area contributed by atoms with Crippen LogP contribution in [-0.4, -0.2) is 73.9 Å². The Bertz CT molecular complexity index is 1290. The van der Waals surface area contributed by atoms with Crippen LogP contribution in [0, 0.1) is 6.92 Å². The van der Waals surface area contributed by atoms with Crippen LogP contribution in [0.15, 0.2) is 47.5 Å². The maximum absolute atomic E-state index is 13.8. The number of nitrogens with zero attached hydrogens (tertiary/aromatic N) is 5. The van der Waals surface area contributed by atoms with Gasteiger partial charge in [-0.2, -0.15) is 11.8 Å². The van der Waals surface area contributed by atoms with Crippen molar-refractivity contribution < 1.29 is 4.74 Å². The number of rotatable bonds is 6. The summed E-state index contributed by atoms with van der Waals surface area (Å²) in [7, 11) is 0. The lowest BCUT2D eigenvalue weighted by molar-refractivity contribution is 0.0686. The zero-order chi connectivity index (χ0) is 25.9. The monoisotopic (exact) mass is 534 g/mol. The molecule has 3 aromatic rings. The van der Waals surface area contributed by atoms with Gasteiger partial charge in [-0.1, -0.05) is 12.1 Å². The van der Waals surface area contributed by atoms with Crippen molar-refractivity contribution >= 4 is 17.7 Å². The number of anilines is 1. The van der Waals surface area contributed by atoms with E-state index < -0.39 is 0 Å². The lowest BCUT2D eigenvalue weighted by atomic mass is 9.90. The first-order chi connectivity index (χ1) is 18.7. The fourth-order valence-corrected chi connectivity index (χ4v) is 7.10. The third-order valence-electron chi connectivity index (χ3n) is 8.27. The summed E-state index contributed by atoms with van der Waals surface area (Å²) in [5.41, 5.74) is 3.50. The Morgan fingerprint density at radius 1 is 1.00 bits per heavy atom. The minimum Gasteiger partial charge on any atom is -0.381 e. The highest BCUT2D eigenvalue weighted by molar-refractivity contribution is 7.99. The Labute approximate surface area is 228 Å². The average Bonchev–Trinajstić information content (AvgIpc) is 3.31. The van der Waals surface area contributed by atoms with E-state index in [2.05, 4.69) is 46.0 Å². The highest BCUT2D eigenvalue weighted by Gasteiger charge is 2.28. The van der Waals surface area contributed by atoms with E-state index in [1.807, 2.05) is 29.0 Å².